The second-order valence-electron chi connectivity index (χ2n) is 8.19. The molecule has 0 atom stereocenters. The number of aromatic amines is 1. The molecule has 2 aliphatic rings. The predicted octanol–water partition coefficient (Wildman–Crippen LogP) is 4.28. The van der Waals surface area contributed by atoms with E-state index >= 15 is 0 Å². The molecule has 4 heterocycles. The van der Waals surface area contributed by atoms with Gasteiger partial charge < -0.3 is 10.6 Å². The Hall–Kier alpha value is -2.06. The monoisotopic (exact) mass is 479 g/mol. The van der Waals surface area contributed by atoms with E-state index < -0.39 is 0 Å². The maximum absolute atomic E-state index is 6.45. The Kier molecular flexibility index (Phi) is 6.05. The van der Waals surface area contributed by atoms with Gasteiger partial charge in [-0.15, -0.1) is 24.8 Å². The molecule has 4 aromatic rings. The van der Waals surface area contributed by atoms with E-state index in [1.165, 1.54) is 16.8 Å². The fraction of sp³-hybridized carbons (Fsp3) is 0.381. The molecule has 1 fully saturated rings. The van der Waals surface area contributed by atoms with Crippen molar-refractivity contribution in [2.75, 3.05) is 18.4 Å². The highest BCUT2D eigenvalue weighted by atomic mass is 35.5. The van der Waals surface area contributed by atoms with Crippen LogP contribution in [-0.4, -0.2) is 37.9 Å². The van der Waals surface area contributed by atoms with Gasteiger partial charge in [0.15, 0.2) is 5.65 Å². The highest BCUT2D eigenvalue weighted by Crippen LogP contribution is 2.46. The molecule has 3 N–H and O–H groups in total. The number of fused-ring (bicyclic) bond motifs is 4. The van der Waals surface area contributed by atoms with Crippen LogP contribution in [0.5, 0.6) is 0 Å². The summed E-state index contributed by atoms with van der Waals surface area (Å²) in [6, 6.07) is 6.35. The summed E-state index contributed by atoms with van der Waals surface area (Å²) in [4.78, 5) is 5.03. The third-order valence-corrected chi connectivity index (χ3v) is 6.85. The number of aromatic nitrogens is 5. The van der Waals surface area contributed by atoms with Crippen LogP contribution in [-0.2, 0) is 18.4 Å². The van der Waals surface area contributed by atoms with Gasteiger partial charge in [0, 0.05) is 22.9 Å². The molecule has 164 valence electrons. The molecular formula is C21H24Cl3N7. The van der Waals surface area contributed by atoms with Crippen molar-refractivity contribution in [3.63, 3.8) is 0 Å². The molecule has 1 spiro atoms. The highest BCUT2D eigenvalue weighted by molar-refractivity contribution is 6.33. The molecule has 7 nitrogen and oxygen atoms in total. The molecule has 0 saturated carbocycles. The fourth-order valence-electron chi connectivity index (χ4n) is 5.02. The van der Waals surface area contributed by atoms with Crippen LogP contribution >= 0.6 is 36.4 Å². The lowest BCUT2D eigenvalue weighted by Crippen LogP contribution is -2.39. The van der Waals surface area contributed by atoms with Gasteiger partial charge >= 0.3 is 0 Å². The lowest BCUT2D eigenvalue weighted by molar-refractivity contribution is 0.301. The molecule has 1 aliphatic carbocycles. The van der Waals surface area contributed by atoms with E-state index in [1.807, 2.05) is 10.7 Å². The minimum atomic E-state index is 0. The number of anilines is 1. The normalized spacial score (nSPS) is 16.8. The molecule has 1 aromatic carbocycles. The second kappa shape index (κ2) is 8.47. The SMILES string of the molecule is Cl.Cl.Clc1cnn2c(NCc3ccc4[nH]ncc4c3)c3c(nc12)C1(CCNCC1)CC3. The van der Waals surface area contributed by atoms with Crippen molar-refractivity contribution in [1.29, 1.82) is 0 Å². The zero-order chi connectivity index (χ0) is 19.4. The zero-order valence-corrected chi connectivity index (χ0v) is 19.2. The summed E-state index contributed by atoms with van der Waals surface area (Å²) in [6.07, 6.45) is 7.99. The van der Waals surface area contributed by atoms with Gasteiger partial charge in [0.25, 0.3) is 0 Å². The third-order valence-electron chi connectivity index (χ3n) is 6.58. The van der Waals surface area contributed by atoms with Gasteiger partial charge in [-0.3, -0.25) is 5.10 Å². The molecule has 10 heteroatoms. The molecule has 0 bridgehead atoms. The lowest BCUT2D eigenvalue weighted by Gasteiger charge is -2.34. The van der Waals surface area contributed by atoms with E-state index in [2.05, 4.69) is 44.1 Å². The van der Waals surface area contributed by atoms with Crippen molar-refractivity contribution in [1.82, 2.24) is 30.1 Å². The summed E-state index contributed by atoms with van der Waals surface area (Å²) in [5.74, 6) is 1.03. The Morgan fingerprint density at radius 1 is 1.13 bits per heavy atom. The highest BCUT2D eigenvalue weighted by Gasteiger charge is 2.43. The van der Waals surface area contributed by atoms with Crippen LogP contribution in [0.2, 0.25) is 5.02 Å². The molecule has 1 aliphatic heterocycles. The van der Waals surface area contributed by atoms with Crippen LogP contribution in [0.3, 0.4) is 0 Å². The van der Waals surface area contributed by atoms with Crippen molar-refractivity contribution in [2.45, 2.75) is 37.6 Å². The minimum Gasteiger partial charge on any atom is -0.366 e. The first-order valence-electron chi connectivity index (χ1n) is 10.2. The molecule has 0 unspecified atom stereocenters. The van der Waals surface area contributed by atoms with Crippen molar-refractivity contribution < 1.29 is 0 Å². The molecule has 6 rings (SSSR count). The first-order valence-corrected chi connectivity index (χ1v) is 10.5. The topological polar surface area (TPSA) is 82.9 Å². The van der Waals surface area contributed by atoms with Crippen molar-refractivity contribution in [2.24, 2.45) is 0 Å². The number of rotatable bonds is 3. The number of nitrogens with one attached hydrogen (secondary N) is 3. The Morgan fingerprint density at radius 3 is 2.81 bits per heavy atom. The number of hydrogen-bond donors (Lipinski definition) is 3. The van der Waals surface area contributed by atoms with E-state index in [4.69, 9.17) is 16.6 Å². The third kappa shape index (κ3) is 3.53. The fourth-order valence-corrected chi connectivity index (χ4v) is 5.19. The lowest BCUT2D eigenvalue weighted by atomic mass is 9.77. The van der Waals surface area contributed by atoms with Crippen molar-refractivity contribution >= 4 is 58.8 Å². The number of H-pyrrole nitrogens is 1. The molecule has 0 radical (unpaired) electrons. The Labute approximate surface area is 197 Å². The maximum atomic E-state index is 6.45. The smallest absolute Gasteiger partial charge is 0.176 e. The number of halogens is 3. The van der Waals surface area contributed by atoms with E-state index in [-0.39, 0.29) is 30.2 Å². The minimum absolute atomic E-state index is 0. The molecule has 1 saturated heterocycles. The number of benzene rings is 1. The second-order valence-corrected chi connectivity index (χ2v) is 8.60. The number of piperidine rings is 1. The Morgan fingerprint density at radius 2 is 1.97 bits per heavy atom. The summed E-state index contributed by atoms with van der Waals surface area (Å²) < 4.78 is 1.87. The maximum Gasteiger partial charge on any atom is 0.176 e. The predicted molar refractivity (Wildman–Crippen MR) is 128 cm³/mol. The van der Waals surface area contributed by atoms with E-state index in [0.29, 0.717) is 11.6 Å². The van der Waals surface area contributed by atoms with Gasteiger partial charge in [0.1, 0.15) is 10.8 Å². The Bertz CT molecular complexity index is 1230. The average molecular weight is 481 g/mol. The van der Waals surface area contributed by atoms with Crippen LogP contribution in [0.1, 0.15) is 36.1 Å². The summed E-state index contributed by atoms with van der Waals surface area (Å²) >= 11 is 6.45. The Balaban J connectivity index is 0.00000116. The van der Waals surface area contributed by atoms with Gasteiger partial charge in [-0.1, -0.05) is 17.7 Å². The van der Waals surface area contributed by atoms with Gasteiger partial charge in [-0.25, -0.2) is 4.98 Å². The summed E-state index contributed by atoms with van der Waals surface area (Å²) in [7, 11) is 0. The van der Waals surface area contributed by atoms with E-state index in [0.717, 1.165) is 61.1 Å². The van der Waals surface area contributed by atoms with E-state index in [1.54, 1.807) is 6.20 Å². The van der Waals surface area contributed by atoms with Crippen LogP contribution in [0, 0.1) is 0 Å². The molecular weight excluding hydrogens is 457 g/mol. The summed E-state index contributed by atoms with van der Waals surface area (Å²) in [5.41, 5.74) is 5.68. The van der Waals surface area contributed by atoms with Gasteiger partial charge in [0.2, 0.25) is 0 Å². The number of hydrogen-bond acceptors (Lipinski definition) is 5. The van der Waals surface area contributed by atoms with Crippen LogP contribution in [0.25, 0.3) is 16.6 Å². The van der Waals surface area contributed by atoms with Gasteiger partial charge in [0.05, 0.1) is 23.6 Å². The molecule has 3 aromatic heterocycles. The van der Waals surface area contributed by atoms with Crippen molar-refractivity contribution in [3.8, 4) is 0 Å². The van der Waals surface area contributed by atoms with E-state index in [9.17, 15) is 0 Å². The van der Waals surface area contributed by atoms with Crippen LogP contribution < -0.4 is 10.6 Å². The summed E-state index contributed by atoms with van der Waals surface area (Å²) in [5, 5.41) is 20.5. The van der Waals surface area contributed by atoms with Crippen LogP contribution in [0.4, 0.5) is 5.82 Å². The van der Waals surface area contributed by atoms with Gasteiger partial charge in [-0.05, 0) is 56.5 Å². The molecule has 31 heavy (non-hydrogen) atoms. The van der Waals surface area contributed by atoms with Crippen molar-refractivity contribution in [3.05, 3.63) is 52.4 Å². The standard InChI is InChI=1S/C21H22ClN7.2ClH/c22-16-12-26-29-19(24-10-13-1-2-17-14(9-13)11-25-28-17)15-3-4-21(5-7-23-8-6-21)18(15)27-20(16)29;;/h1-2,9,11-12,23-24H,3-8,10H2,(H,25,28);2*1H. The number of nitrogens with zero attached hydrogens (tertiary/aromatic N) is 4. The average Bonchev–Trinajstić information content (AvgIpc) is 3.45. The largest absolute Gasteiger partial charge is 0.366 e. The first kappa shape index (κ1) is 22.1. The summed E-state index contributed by atoms with van der Waals surface area (Å²) in [6.45, 7) is 2.80. The first-order chi connectivity index (χ1) is 14.2. The zero-order valence-electron chi connectivity index (χ0n) is 16.8. The molecule has 0 amide bonds. The quantitative estimate of drug-likeness (QED) is 0.408. The van der Waals surface area contributed by atoms with Crippen LogP contribution in [0.15, 0.2) is 30.6 Å². The van der Waals surface area contributed by atoms with Gasteiger partial charge in [-0.2, -0.15) is 14.7 Å².